The quantitative estimate of drug-likeness (QED) is 0.263. The highest BCUT2D eigenvalue weighted by molar-refractivity contribution is 14.0. The van der Waals surface area contributed by atoms with E-state index in [0.717, 1.165) is 49.1 Å². The van der Waals surface area contributed by atoms with Gasteiger partial charge in [-0.2, -0.15) is 5.10 Å². The van der Waals surface area contributed by atoms with Crippen molar-refractivity contribution in [2.45, 2.75) is 19.4 Å². The lowest BCUT2D eigenvalue weighted by atomic mass is 10.1. The van der Waals surface area contributed by atoms with Gasteiger partial charge < -0.3 is 19.8 Å². The molecule has 0 aliphatic carbocycles. The SMILES string of the molecule is COc1ccc(CCNC(=NCc2ccnn2C)NCCc2ccco2)cc1.I. The number of nitrogens with zero attached hydrogens (tertiary/aromatic N) is 3. The zero-order valence-corrected chi connectivity index (χ0v) is 19.1. The molecule has 0 saturated heterocycles. The van der Waals surface area contributed by atoms with E-state index in [2.05, 4.69) is 32.9 Å². The normalized spacial score (nSPS) is 11.0. The fourth-order valence-electron chi connectivity index (χ4n) is 2.77. The number of halogens is 1. The molecule has 0 spiro atoms. The molecule has 0 saturated carbocycles. The first-order valence-electron chi connectivity index (χ1n) is 9.39. The number of hydrogen-bond donors (Lipinski definition) is 2. The van der Waals surface area contributed by atoms with E-state index in [-0.39, 0.29) is 24.0 Å². The molecule has 8 heteroatoms. The van der Waals surface area contributed by atoms with Crippen LogP contribution in [0.5, 0.6) is 5.75 Å². The number of benzene rings is 1. The van der Waals surface area contributed by atoms with Crippen LogP contribution in [-0.2, 0) is 26.4 Å². The number of aryl methyl sites for hydroxylation is 1. The number of aromatic nitrogens is 2. The van der Waals surface area contributed by atoms with E-state index in [9.17, 15) is 0 Å². The van der Waals surface area contributed by atoms with Crippen molar-refractivity contribution in [2.24, 2.45) is 12.0 Å². The largest absolute Gasteiger partial charge is 0.497 e. The van der Waals surface area contributed by atoms with Gasteiger partial charge in [0.25, 0.3) is 0 Å². The van der Waals surface area contributed by atoms with E-state index < -0.39 is 0 Å². The Labute approximate surface area is 188 Å². The minimum atomic E-state index is 0. The maximum Gasteiger partial charge on any atom is 0.191 e. The lowest BCUT2D eigenvalue weighted by Gasteiger charge is -2.13. The summed E-state index contributed by atoms with van der Waals surface area (Å²) in [6, 6.07) is 14.0. The fourth-order valence-corrected chi connectivity index (χ4v) is 2.77. The lowest BCUT2D eigenvalue weighted by molar-refractivity contribution is 0.414. The van der Waals surface area contributed by atoms with Crippen molar-refractivity contribution in [1.29, 1.82) is 0 Å². The van der Waals surface area contributed by atoms with Gasteiger partial charge >= 0.3 is 0 Å². The Balaban J connectivity index is 0.00000300. The number of aliphatic imine (C=N–C) groups is 1. The number of furan rings is 1. The van der Waals surface area contributed by atoms with Crippen molar-refractivity contribution < 1.29 is 9.15 Å². The van der Waals surface area contributed by atoms with Gasteiger partial charge in [-0.3, -0.25) is 4.68 Å². The van der Waals surface area contributed by atoms with Crippen LogP contribution >= 0.6 is 24.0 Å². The highest BCUT2D eigenvalue weighted by atomic mass is 127. The van der Waals surface area contributed by atoms with Crippen molar-refractivity contribution >= 4 is 29.9 Å². The summed E-state index contributed by atoms with van der Waals surface area (Å²) in [5.41, 5.74) is 2.30. The molecule has 0 aliphatic heterocycles. The van der Waals surface area contributed by atoms with Gasteiger partial charge in [-0.25, -0.2) is 4.99 Å². The molecule has 0 amide bonds. The van der Waals surface area contributed by atoms with Crippen LogP contribution in [0.1, 0.15) is 17.0 Å². The Morgan fingerprint density at radius 3 is 2.48 bits per heavy atom. The molecule has 2 N–H and O–H groups in total. The first-order valence-corrected chi connectivity index (χ1v) is 9.39. The van der Waals surface area contributed by atoms with E-state index >= 15 is 0 Å². The van der Waals surface area contributed by atoms with Crippen LogP contribution in [0.2, 0.25) is 0 Å². The highest BCUT2D eigenvalue weighted by Crippen LogP contribution is 2.11. The predicted octanol–water partition coefficient (Wildman–Crippen LogP) is 3.16. The third-order valence-electron chi connectivity index (χ3n) is 4.43. The van der Waals surface area contributed by atoms with Crippen LogP contribution in [0.3, 0.4) is 0 Å². The number of guanidine groups is 1. The Morgan fingerprint density at radius 1 is 1.10 bits per heavy atom. The van der Waals surface area contributed by atoms with E-state index in [0.29, 0.717) is 6.54 Å². The average molecular weight is 509 g/mol. The number of hydrogen-bond acceptors (Lipinski definition) is 4. The third-order valence-corrected chi connectivity index (χ3v) is 4.43. The molecule has 0 fully saturated rings. The smallest absolute Gasteiger partial charge is 0.191 e. The number of ether oxygens (including phenoxy) is 1. The van der Waals surface area contributed by atoms with Gasteiger partial charge in [0.05, 0.1) is 25.6 Å². The molecule has 0 atom stereocenters. The zero-order valence-electron chi connectivity index (χ0n) is 16.8. The topological polar surface area (TPSA) is 76.6 Å². The second-order valence-electron chi connectivity index (χ2n) is 6.39. The van der Waals surface area contributed by atoms with E-state index in [1.807, 2.05) is 42.1 Å². The second kappa shape index (κ2) is 12.2. The summed E-state index contributed by atoms with van der Waals surface area (Å²) in [5, 5.41) is 11.0. The van der Waals surface area contributed by atoms with Crippen molar-refractivity contribution in [1.82, 2.24) is 20.4 Å². The minimum absolute atomic E-state index is 0. The number of nitrogens with one attached hydrogen (secondary N) is 2. The molecule has 0 unspecified atom stereocenters. The maximum atomic E-state index is 5.39. The minimum Gasteiger partial charge on any atom is -0.497 e. The van der Waals surface area contributed by atoms with Crippen molar-refractivity contribution in [2.75, 3.05) is 20.2 Å². The molecule has 2 heterocycles. The van der Waals surface area contributed by atoms with E-state index in [1.54, 1.807) is 19.6 Å². The molecule has 0 aliphatic rings. The van der Waals surface area contributed by atoms with Crippen LogP contribution in [0, 0.1) is 0 Å². The second-order valence-corrected chi connectivity index (χ2v) is 6.39. The summed E-state index contributed by atoms with van der Waals surface area (Å²) in [6.45, 7) is 2.09. The lowest BCUT2D eigenvalue weighted by Crippen LogP contribution is -2.39. The van der Waals surface area contributed by atoms with Crippen LogP contribution < -0.4 is 15.4 Å². The third kappa shape index (κ3) is 7.45. The molecule has 3 aromatic rings. The van der Waals surface area contributed by atoms with Gasteiger partial charge in [0.2, 0.25) is 0 Å². The molecule has 1 aromatic carbocycles. The summed E-state index contributed by atoms with van der Waals surface area (Å²) in [7, 11) is 3.60. The van der Waals surface area contributed by atoms with Crippen molar-refractivity contribution in [3.8, 4) is 5.75 Å². The molecule has 7 nitrogen and oxygen atoms in total. The van der Waals surface area contributed by atoms with Crippen molar-refractivity contribution in [3.05, 3.63) is 71.9 Å². The standard InChI is InChI=1S/C21H27N5O2.HI/c1-26-18(10-14-25-26)16-24-21(23-13-11-20-4-3-15-28-20)22-12-9-17-5-7-19(27-2)8-6-17;/h3-8,10,14-15H,9,11-13,16H2,1-2H3,(H2,22,23,24);1H. The molecule has 29 heavy (non-hydrogen) atoms. The zero-order chi connectivity index (χ0) is 19.6. The molecule has 3 rings (SSSR count). The summed E-state index contributed by atoms with van der Waals surface area (Å²) in [4.78, 5) is 4.69. The van der Waals surface area contributed by atoms with Gasteiger partial charge in [-0.1, -0.05) is 12.1 Å². The van der Waals surface area contributed by atoms with Gasteiger partial charge in [0, 0.05) is 32.8 Å². The molecule has 156 valence electrons. The Hall–Kier alpha value is -2.49. The van der Waals surface area contributed by atoms with Gasteiger partial charge in [0.15, 0.2) is 5.96 Å². The Morgan fingerprint density at radius 2 is 1.86 bits per heavy atom. The van der Waals surface area contributed by atoms with Crippen LogP contribution in [0.25, 0.3) is 0 Å². The summed E-state index contributed by atoms with van der Waals surface area (Å²) in [5.74, 6) is 2.60. The number of rotatable bonds is 9. The molecule has 2 aromatic heterocycles. The van der Waals surface area contributed by atoms with Gasteiger partial charge in [-0.15, -0.1) is 24.0 Å². The molecule has 0 bridgehead atoms. The first kappa shape index (κ1) is 22.8. The predicted molar refractivity (Wildman–Crippen MR) is 125 cm³/mol. The van der Waals surface area contributed by atoms with Gasteiger partial charge in [-0.05, 0) is 42.3 Å². The Bertz CT molecular complexity index is 860. The first-order chi connectivity index (χ1) is 13.7. The summed E-state index contributed by atoms with van der Waals surface area (Å²) >= 11 is 0. The van der Waals surface area contributed by atoms with E-state index in [4.69, 9.17) is 9.15 Å². The monoisotopic (exact) mass is 509 g/mol. The fraction of sp³-hybridized carbons (Fsp3) is 0.333. The number of methoxy groups -OCH3 is 1. The summed E-state index contributed by atoms with van der Waals surface area (Å²) < 4.78 is 12.4. The average Bonchev–Trinajstić information content (AvgIpc) is 3.38. The van der Waals surface area contributed by atoms with E-state index in [1.165, 1.54) is 5.56 Å². The highest BCUT2D eigenvalue weighted by Gasteiger charge is 2.03. The van der Waals surface area contributed by atoms with Crippen molar-refractivity contribution in [3.63, 3.8) is 0 Å². The van der Waals surface area contributed by atoms with Crippen LogP contribution in [0.4, 0.5) is 0 Å². The summed E-state index contributed by atoms with van der Waals surface area (Å²) in [6.07, 6.45) is 5.18. The van der Waals surface area contributed by atoms with Gasteiger partial charge in [0.1, 0.15) is 11.5 Å². The van der Waals surface area contributed by atoms with Crippen LogP contribution in [0.15, 0.2) is 64.3 Å². The molecular formula is C21H28IN5O2. The van der Waals surface area contributed by atoms with Crippen LogP contribution in [-0.4, -0.2) is 35.9 Å². The molecule has 0 radical (unpaired) electrons. The Kier molecular flexibility index (Phi) is 9.55. The molecular weight excluding hydrogens is 481 g/mol. The maximum absolute atomic E-state index is 5.39.